The Morgan fingerprint density at radius 3 is 2.62 bits per heavy atom. The van der Waals surface area contributed by atoms with Gasteiger partial charge < -0.3 is 14.2 Å². The minimum Gasteiger partial charge on any atom is -0.463 e. The molecule has 120 valence electrons. The molecule has 0 amide bonds. The second-order valence-electron chi connectivity index (χ2n) is 4.83. The standard InChI is InChI=1S/C14H22O6S/c1-4-5-6-21-13-7-11(17)14(19-10(3)16)12(20-13)8-18-9(2)15/h12-14H,4-8H2,1-3H3/t12-,13-,14+/m1/s1. The van der Waals surface area contributed by atoms with Crippen molar-refractivity contribution < 1.29 is 28.6 Å². The molecule has 0 bridgehead atoms. The van der Waals surface area contributed by atoms with Gasteiger partial charge in [0.15, 0.2) is 11.9 Å². The van der Waals surface area contributed by atoms with Crippen LogP contribution < -0.4 is 0 Å². The van der Waals surface area contributed by atoms with E-state index in [4.69, 9.17) is 14.2 Å². The lowest BCUT2D eigenvalue weighted by atomic mass is 10.0. The van der Waals surface area contributed by atoms with Crippen molar-refractivity contribution in [3.63, 3.8) is 0 Å². The van der Waals surface area contributed by atoms with E-state index in [0.717, 1.165) is 18.6 Å². The van der Waals surface area contributed by atoms with Crippen LogP contribution in [0.2, 0.25) is 0 Å². The van der Waals surface area contributed by atoms with Crippen molar-refractivity contribution in [1.29, 1.82) is 0 Å². The van der Waals surface area contributed by atoms with E-state index in [0.29, 0.717) is 0 Å². The number of hydrogen-bond donors (Lipinski definition) is 0. The molecular weight excluding hydrogens is 296 g/mol. The van der Waals surface area contributed by atoms with Gasteiger partial charge in [0, 0.05) is 20.3 Å². The normalized spacial score (nSPS) is 25.5. The Labute approximate surface area is 128 Å². The van der Waals surface area contributed by atoms with Crippen molar-refractivity contribution in [2.75, 3.05) is 12.4 Å². The predicted octanol–water partition coefficient (Wildman–Crippen LogP) is 1.70. The Morgan fingerprint density at radius 1 is 1.33 bits per heavy atom. The zero-order chi connectivity index (χ0) is 15.8. The first-order chi connectivity index (χ1) is 9.93. The van der Waals surface area contributed by atoms with E-state index < -0.39 is 24.1 Å². The number of carbonyl (C=O) groups is 3. The van der Waals surface area contributed by atoms with Gasteiger partial charge in [0.05, 0.1) is 0 Å². The number of ketones is 1. The molecule has 6 nitrogen and oxygen atoms in total. The quantitative estimate of drug-likeness (QED) is 0.522. The van der Waals surface area contributed by atoms with Crippen LogP contribution >= 0.6 is 11.8 Å². The van der Waals surface area contributed by atoms with Gasteiger partial charge in [-0.1, -0.05) is 13.3 Å². The minimum absolute atomic E-state index is 0.0934. The first kappa shape index (κ1) is 18.0. The molecule has 1 fully saturated rings. The van der Waals surface area contributed by atoms with Crippen LogP contribution in [0.1, 0.15) is 40.0 Å². The summed E-state index contributed by atoms with van der Waals surface area (Å²) in [4.78, 5) is 34.1. The number of unbranched alkanes of at least 4 members (excludes halogenated alkanes) is 1. The molecule has 1 aliphatic rings. The van der Waals surface area contributed by atoms with E-state index in [1.807, 2.05) is 0 Å². The Balaban J connectivity index is 2.64. The highest BCUT2D eigenvalue weighted by atomic mass is 32.2. The zero-order valence-electron chi connectivity index (χ0n) is 12.6. The maximum absolute atomic E-state index is 12.1. The molecule has 1 rings (SSSR count). The molecule has 0 aromatic heterocycles. The first-order valence-corrected chi connectivity index (χ1v) is 8.09. The van der Waals surface area contributed by atoms with E-state index >= 15 is 0 Å². The van der Waals surface area contributed by atoms with Crippen molar-refractivity contribution in [1.82, 2.24) is 0 Å². The van der Waals surface area contributed by atoms with E-state index in [1.54, 1.807) is 11.8 Å². The third kappa shape index (κ3) is 6.48. The lowest BCUT2D eigenvalue weighted by Crippen LogP contribution is -2.49. The summed E-state index contributed by atoms with van der Waals surface area (Å²) in [7, 11) is 0. The number of esters is 2. The fourth-order valence-corrected chi connectivity index (χ4v) is 3.13. The van der Waals surface area contributed by atoms with Crippen molar-refractivity contribution in [3.05, 3.63) is 0 Å². The first-order valence-electron chi connectivity index (χ1n) is 7.04. The van der Waals surface area contributed by atoms with E-state index in [2.05, 4.69) is 6.92 Å². The maximum Gasteiger partial charge on any atom is 0.303 e. The van der Waals surface area contributed by atoms with Crippen LogP contribution in [0, 0.1) is 0 Å². The minimum atomic E-state index is -0.995. The average Bonchev–Trinajstić information content (AvgIpc) is 2.39. The summed E-state index contributed by atoms with van der Waals surface area (Å²) in [5.41, 5.74) is -0.281. The molecule has 0 radical (unpaired) electrons. The highest BCUT2D eigenvalue weighted by Crippen LogP contribution is 2.28. The van der Waals surface area contributed by atoms with Crippen LogP contribution in [0.4, 0.5) is 0 Å². The van der Waals surface area contributed by atoms with Crippen LogP contribution in [0.25, 0.3) is 0 Å². The molecule has 0 unspecified atom stereocenters. The fraction of sp³-hybridized carbons (Fsp3) is 0.786. The molecule has 7 heteroatoms. The fourth-order valence-electron chi connectivity index (χ4n) is 1.91. The van der Waals surface area contributed by atoms with Gasteiger partial charge in [0.2, 0.25) is 0 Å². The lowest BCUT2D eigenvalue weighted by Gasteiger charge is -2.34. The molecule has 0 spiro atoms. The Bertz CT molecular complexity index is 384. The zero-order valence-corrected chi connectivity index (χ0v) is 13.4. The van der Waals surface area contributed by atoms with Gasteiger partial charge >= 0.3 is 11.9 Å². The van der Waals surface area contributed by atoms with Gasteiger partial charge in [0.25, 0.3) is 0 Å². The summed E-state index contributed by atoms with van der Waals surface area (Å²) >= 11 is 1.56. The second kappa shape index (κ2) is 9.04. The highest BCUT2D eigenvalue weighted by molar-refractivity contribution is 7.99. The Hall–Kier alpha value is -1.08. The SMILES string of the molecule is CCCCS[C@@H]1CC(=O)[C@H](OC(C)=O)[C@@H](COC(C)=O)O1. The lowest BCUT2D eigenvalue weighted by molar-refractivity contribution is -0.179. The molecule has 0 aliphatic carbocycles. The molecule has 1 saturated heterocycles. The van der Waals surface area contributed by atoms with Gasteiger partial charge in [-0.2, -0.15) is 0 Å². The van der Waals surface area contributed by atoms with E-state index in [-0.39, 0.29) is 24.2 Å². The summed E-state index contributed by atoms with van der Waals surface area (Å²) in [6.07, 6.45) is 0.576. The Kier molecular flexibility index (Phi) is 7.74. The smallest absolute Gasteiger partial charge is 0.303 e. The molecule has 1 aliphatic heterocycles. The van der Waals surface area contributed by atoms with Gasteiger partial charge in [0.1, 0.15) is 18.1 Å². The molecule has 0 aromatic rings. The third-order valence-electron chi connectivity index (χ3n) is 2.89. The number of rotatable bonds is 7. The highest BCUT2D eigenvalue weighted by Gasteiger charge is 2.40. The van der Waals surface area contributed by atoms with Crippen molar-refractivity contribution in [3.8, 4) is 0 Å². The number of carbonyl (C=O) groups excluding carboxylic acids is 3. The topological polar surface area (TPSA) is 78.9 Å². The molecule has 0 saturated carbocycles. The molecular formula is C14H22O6S. The van der Waals surface area contributed by atoms with Gasteiger partial charge in [-0.05, 0) is 12.2 Å². The average molecular weight is 318 g/mol. The summed E-state index contributed by atoms with van der Waals surface area (Å²) in [5, 5.41) is 0. The molecule has 0 N–H and O–H groups in total. The van der Waals surface area contributed by atoms with Crippen LogP contribution in [0.5, 0.6) is 0 Å². The van der Waals surface area contributed by atoms with E-state index in [1.165, 1.54) is 13.8 Å². The number of thioether (sulfide) groups is 1. The molecule has 0 aromatic carbocycles. The Morgan fingerprint density at radius 2 is 2.05 bits per heavy atom. The number of hydrogen-bond acceptors (Lipinski definition) is 7. The van der Waals surface area contributed by atoms with Gasteiger partial charge in [-0.3, -0.25) is 14.4 Å². The van der Waals surface area contributed by atoms with Crippen LogP contribution in [0.15, 0.2) is 0 Å². The summed E-state index contributed by atoms with van der Waals surface area (Å²) in [6.45, 7) is 4.51. The summed E-state index contributed by atoms with van der Waals surface area (Å²) < 4.78 is 15.7. The second-order valence-corrected chi connectivity index (χ2v) is 6.10. The largest absolute Gasteiger partial charge is 0.463 e. The van der Waals surface area contributed by atoms with E-state index in [9.17, 15) is 14.4 Å². The van der Waals surface area contributed by atoms with Crippen molar-refractivity contribution in [2.45, 2.75) is 57.7 Å². The van der Waals surface area contributed by atoms with Crippen molar-refractivity contribution in [2.24, 2.45) is 0 Å². The number of ether oxygens (including phenoxy) is 3. The van der Waals surface area contributed by atoms with Crippen LogP contribution in [-0.2, 0) is 28.6 Å². The van der Waals surface area contributed by atoms with Crippen LogP contribution in [0.3, 0.4) is 0 Å². The summed E-state index contributed by atoms with van der Waals surface area (Å²) in [6, 6.07) is 0. The monoisotopic (exact) mass is 318 g/mol. The maximum atomic E-state index is 12.1. The number of Topliss-reactive ketones (excluding diaryl/α,β-unsaturated/α-hetero) is 1. The molecule has 1 heterocycles. The van der Waals surface area contributed by atoms with Gasteiger partial charge in [-0.25, -0.2) is 0 Å². The summed E-state index contributed by atoms with van der Waals surface area (Å²) in [5.74, 6) is -0.315. The van der Waals surface area contributed by atoms with Crippen molar-refractivity contribution >= 4 is 29.5 Å². The molecule has 21 heavy (non-hydrogen) atoms. The molecule has 3 atom stereocenters. The predicted molar refractivity (Wildman–Crippen MR) is 77.8 cm³/mol. The third-order valence-corrected chi connectivity index (χ3v) is 4.07. The van der Waals surface area contributed by atoms with Crippen LogP contribution in [-0.4, -0.2) is 47.7 Å². The van der Waals surface area contributed by atoms with Gasteiger partial charge in [-0.15, -0.1) is 11.8 Å².